The largest absolute Gasteiger partial charge is 0.381 e. The topological polar surface area (TPSA) is 38.5 Å². The standard InChI is InChI=1S/C15H23FN2O/c1-18(13-6-3-5-12(16)9-13)15(11-17)8-4-7-14(10-15)19-2/h3,5-6,9,14H,4,7-8,10-11,17H2,1-2H3. The zero-order chi connectivity index (χ0) is 13.9. The summed E-state index contributed by atoms with van der Waals surface area (Å²) in [6, 6.07) is 6.69. The Bertz CT molecular complexity index is 426. The highest BCUT2D eigenvalue weighted by Crippen LogP contribution is 2.36. The summed E-state index contributed by atoms with van der Waals surface area (Å²) < 4.78 is 18.9. The number of nitrogens with zero attached hydrogens (tertiary/aromatic N) is 1. The maximum atomic E-state index is 13.4. The van der Waals surface area contributed by atoms with Crippen LogP contribution in [0.1, 0.15) is 25.7 Å². The summed E-state index contributed by atoms with van der Waals surface area (Å²) in [5.41, 5.74) is 6.79. The number of halogens is 1. The number of likely N-dealkylation sites (N-methyl/N-ethyl adjacent to an activating group) is 1. The summed E-state index contributed by atoms with van der Waals surface area (Å²) >= 11 is 0. The van der Waals surface area contributed by atoms with Crippen LogP contribution in [0.4, 0.5) is 10.1 Å². The Balaban J connectivity index is 2.25. The van der Waals surface area contributed by atoms with Gasteiger partial charge in [-0.05, 0) is 43.9 Å². The molecule has 1 fully saturated rings. The molecule has 0 spiro atoms. The van der Waals surface area contributed by atoms with Crippen LogP contribution in [0.2, 0.25) is 0 Å². The molecule has 0 radical (unpaired) electrons. The third-order valence-electron chi connectivity index (χ3n) is 4.40. The minimum absolute atomic E-state index is 0.132. The Hall–Kier alpha value is -1.13. The normalized spacial score (nSPS) is 27.3. The van der Waals surface area contributed by atoms with Gasteiger partial charge < -0.3 is 15.4 Å². The number of hydrogen-bond acceptors (Lipinski definition) is 3. The SMILES string of the molecule is COC1CCCC(CN)(N(C)c2cccc(F)c2)C1. The molecule has 106 valence electrons. The Morgan fingerprint density at radius 1 is 1.53 bits per heavy atom. The van der Waals surface area contributed by atoms with E-state index in [0.717, 1.165) is 31.4 Å². The zero-order valence-electron chi connectivity index (χ0n) is 11.7. The third-order valence-corrected chi connectivity index (χ3v) is 4.40. The number of nitrogens with two attached hydrogens (primary N) is 1. The second kappa shape index (κ2) is 5.88. The number of anilines is 1. The van der Waals surface area contributed by atoms with E-state index in [1.807, 2.05) is 13.1 Å². The molecule has 2 unspecified atom stereocenters. The molecule has 0 bridgehead atoms. The lowest BCUT2D eigenvalue weighted by Crippen LogP contribution is -2.56. The van der Waals surface area contributed by atoms with E-state index in [1.54, 1.807) is 19.2 Å². The minimum Gasteiger partial charge on any atom is -0.381 e. The Kier molecular flexibility index (Phi) is 4.42. The molecular weight excluding hydrogens is 243 g/mol. The van der Waals surface area contributed by atoms with Crippen LogP contribution < -0.4 is 10.6 Å². The lowest BCUT2D eigenvalue weighted by atomic mass is 9.78. The molecule has 0 heterocycles. The van der Waals surface area contributed by atoms with Crippen molar-refractivity contribution < 1.29 is 9.13 Å². The lowest BCUT2D eigenvalue weighted by molar-refractivity contribution is 0.0423. The van der Waals surface area contributed by atoms with Crippen molar-refractivity contribution in [3.05, 3.63) is 30.1 Å². The molecule has 19 heavy (non-hydrogen) atoms. The van der Waals surface area contributed by atoms with Crippen LogP contribution in [0.25, 0.3) is 0 Å². The molecule has 2 N–H and O–H groups in total. The Morgan fingerprint density at radius 3 is 2.95 bits per heavy atom. The van der Waals surface area contributed by atoms with E-state index < -0.39 is 0 Å². The van der Waals surface area contributed by atoms with Crippen LogP contribution in [0.5, 0.6) is 0 Å². The summed E-state index contributed by atoms with van der Waals surface area (Å²) in [6.07, 6.45) is 4.34. The second-order valence-electron chi connectivity index (χ2n) is 5.42. The smallest absolute Gasteiger partial charge is 0.125 e. The van der Waals surface area contributed by atoms with Crippen molar-refractivity contribution in [3.8, 4) is 0 Å². The third kappa shape index (κ3) is 2.90. The predicted octanol–water partition coefficient (Wildman–Crippen LogP) is 2.55. The fourth-order valence-electron chi connectivity index (χ4n) is 3.07. The molecule has 1 saturated carbocycles. The van der Waals surface area contributed by atoms with Crippen molar-refractivity contribution in [3.63, 3.8) is 0 Å². The first-order valence-electron chi connectivity index (χ1n) is 6.83. The van der Waals surface area contributed by atoms with Gasteiger partial charge in [0.2, 0.25) is 0 Å². The van der Waals surface area contributed by atoms with E-state index in [2.05, 4.69) is 4.90 Å². The summed E-state index contributed by atoms with van der Waals surface area (Å²) in [6.45, 7) is 0.555. The molecule has 3 nitrogen and oxygen atoms in total. The van der Waals surface area contributed by atoms with Crippen LogP contribution in [-0.2, 0) is 4.74 Å². The van der Waals surface area contributed by atoms with Gasteiger partial charge in [-0.25, -0.2) is 4.39 Å². The van der Waals surface area contributed by atoms with Crippen molar-refractivity contribution >= 4 is 5.69 Å². The summed E-state index contributed by atoms with van der Waals surface area (Å²) in [7, 11) is 3.75. The Labute approximate surface area is 114 Å². The van der Waals surface area contributed by atoms with Crippen molar-refractivity contribution in [2.45, 2.75) is 37.3 Å². The highest BCUT2D eigenvalue weighted by atomic mass is 19.1. The summed E-state index contributed by atoms with van der Waals surface area (Å²) in [5, 5.41) is 0. The Morgan fingerprint density at radius 2 is 2.32 bits per heavy atom. The van der Waals surface area contributed by atoms with Gasteiger partial charge in [0.1, 0.15) is 5.82 Å². The number of rotatable bonds is 4. The molecule has 0 saturated heterocycles. The average molecular weight is 266 g/mol. The van der Waals surface area contributed by atoms with Crippen molar-refractivity contribution in [1.82, 2.24) is 0 Å². The van der Waals surface area contributed by atoms with Crippen LogP contribution >= 0.6 is 0 Å². The number of benzene rings is 1. The van der Waals surface area contributed by atoms with Gasteiger partial charge in [0, 0.05) is 26.4 Å². The molecule has 2 atom stereocenters. The van der Waals surface area contributed by atoms with Gasteiger partial charge in [-0.3, -0.25) is 0 Å². The molecule has 2 rings (SSSR count). The zero-order valence-corrected chi connectivity index (χ0v) is 11.7. The summed E-state index contributed by atoms with van der Waals surface area (Å²) in [5.74, 6) is -0.212. The van der Waals surface area contributed by atoms with E-state index in [0.29, 0.717) is 6.54 Å². The van der Waals surface area contributed by atoms with Gasteiger partial charge in [0.25, 0.3) is 0 Å². The molecular formula is C15H23FN2O. The van der Waals surface area contributed by atoms with E-state index in [-0.39, 0.29) is 17.5 Å². The van der Waals surface area contributed by atoms with E-state index >= 15 is 0 Å². The van der Waals surface area contributed by atoms with Crippen LogP contribution in [-0.4, -0.2) is 32.3 Å². The fraction of sp³-hybridized carbons (Fsp3) is 0.600. The molecule has 0 amide bonds. The van der Waals surface area contributed by atoms with Gasteiger partial charge in [0.05, 0.1) is 11.6 Å². The fourth-order valence-corrected chi connectivity index (χ4v) is 3.07. The van der Waals surface area contributed by atoms with E-state index in [9.17, 15) is 4.39 Å². The van der Waals surface area contributed by atoms with Gasteiger partial charge in [0.15, 0.2) is 0 Å². The molecule has 0 aromatic heterocycles. The maximum Gasteiger partial charge on any atom is 0.125 e. The first-order valence-corrected chi connectivity index (χ1v) is 6.83. The van der Waals surface area contributed by atoms with E-state index in [4.69, 9.17) is 10.5 Å². The number of methoxy groups -OCH3 is 1. The van der Waals surface area contributed by atoms with Crippen LogP contribution in [0, 0.1) is 5.82 Å². The number of hydrogen-bond donors (Lipinski definition) is 1. The highest BCUT2D eigenvalue weighted by Gasteiger charge is 2.39. The second-order valence-corrected chi connectivity index (χ2v) is 5.42. The molecule has 1 aliphatic rings. The van der Waals surface area contributed by atoms with Crippen molar-refractivity contribution in [1.29, 1.82) is 0 Å². The quantitative estimate of drug-likeness (QED) is 0.910. The van der Waals surface area contributed by atoms with Crippen molar-refractivity contribution in [2.75, 3.05) is 25.6 Å². The molecule has 0 aliphatic heterocycles. The van der Waals surface area contributed by atoms with Crippen LogP contribution in [0.3, 0.4) is 0 Å². The minimum atomic E-state index is -0.212. The van der Waals surface area contributed by atoms with Crippen LogP contribution in [0.15, 0.2) is 24.3 Å². The number of ether oxygens (including phenoxy) is 1. The van der Waals surface area contributed by atoms with Gasteiger partial charge in [-0.2, -0.15) is 0 Å². The van der Waals surface area contributed by atoms with Gasteiger partial charge >= 0.3 is 0 Å². The first-order chi connectivity index (χ1) is 9.11. The first kappa shape index (κ1) is 14.3. The molecule has 4 heteroatoms. The van der Waals surface area contributed by atoms with E-state index in [1.165, 1.54) is 6.07 Å². The molecule has 1 aliphatic carbocycles. The van der Waals surface area contributed by atoms with Crippen molar-refractivity contribution in [2.24, 2.45) is 5.73 Å². The average Bonchev–Trinajstić information content (AvgIpc) is 2.46. The monoisotopic (exact) mass is 266 g/mol. The lowest BCUT2D eigenvalue weighted by Gasteiger charge is -2.47. The van der Waals surface area contributed by atoms with Gasteiger partial charge in [-0.1, -0.05) is 6.07 Å². The highest BCUT2D eigenvalue weighted by molar-refractivity contribution is 5.49. The van der Waals surface area contributed by atoms with Gasteiger partial charge in [-0.15, -0.1) is 0 Å². The molecule has 1 aromatic carbocycles. The summed E-state index contributed by atoms with van der Waals surface area (Å²) in [4.78, 5) is 2.13. The molecule has 1 aromatic rings. The predicted molar refractivity (Wildman–Crippen MR) is 75.9 cm³/mol. The maximum absolute atomic E-state index is 13.4.